The molecule has 0 unspecified atom stereocenters. The number of halogens is 1. The van der Waals surface area contributed by atoms with Gasteiger partial charge in [0.2, 0.25) is 0 Å². The Morgan fingerprint density at radius 3 is 2.70 bits per heavy atom. The van der Waals surface area contributed by atoms with Gasteiger partial charge in [-0.3, -0.25) is 0 Å². The highest BCUT2D eigenvalue weighted by Gasteiger charge is 2.11. The zero-order chi connectivity index (χ0) is 14.3. The molecule has 0 saturated heterocycles. The van der Waals surface area contributed by atoms with Crippen LogP contribution in [-0.4, -0.2) is 9.55 Å². The lowest BCUT2D eigenvalue weighted by Gasteiger charge is -2.04. The average Bonchev–Trinajstić information content (AvgIpc) is 2.74. The molecule has 0 saturated carbocycles. The molecule has 0 bridgehead atoms. The van der Waals surface area contributed by atoms with Gasteiger partial charge in [0.1, 0.15) is 11.6 Å². The minimum Gasteiger partial charge on any atom is -0.327 e. The van der Waals surface area contributed by atoms with E-state index in [-0.39, 0.29) is 5.82 Å². The summed E-state index contributed by atoms with van der Waals surface area (Å²) in [7, 11) is 1.94. The largest absolute Gasteiger partial charge is 0.327 e. The average molecular weight is 269 g/mol. The molecule has 0 aliphatic heterocycles. The summed E-state index contributed by atoms with van der Waals surface area (Å²) in [5, 5.41) is 0. The van der Waals surface area contributed by atoms with Gasteiger partial charge in [-0.25, -0.2) is 9.37 Å². The molecule has 2 N–H and O–H groups in total. The predicted octanol–water partition coefficient (Wildman–Crippen LogP) is 3.15. The molecule has 0 fully saturated rings. The fourth-order valence-electron chi connectivity index (χ4n) is 2.50. The number of imidazole rings is 1. The van der Waals surface area contributed by atoms with Crippen molar-refractivity contribution in [2.24, 2.45) is 12.8 Å². The first kappa shape index (κ1) is 12.8. The minimum absolute atomic E-state index is 0.241. The van der Waals surface area contributed by atoms with Crippen LogP contribution >= 0.6 is 0 Å². The second-order valence-corrected chi connectivity index (χ2v) is 5.04. The van der Waals surface area contributed by atoms with Gasteiger partial charge in [-0.05, 0) is 48.4 Å². The molecule has 0 amide bonds. The van der Waals surface area contributed by atoms with E-state index in [0.29, 0.717) is 6.54 Å². The Bertz CT molecular complexity index is 770. The smallest absolute Gasteiger partial charge is 0.140 e. The van der Waals surface area contributed by atoms with Gasteiger partial charge in [-0.15, -0.1) is 0 Å². The van der Waals surface area contributed by atoms with Gasteiger partial charge in [-0.2, -0.15) is 0 Å². The summed E-state index contributed by atoms with van der Waals surface area (Å²) in [6.45, 7) is 2.36. The van der Waals surface area contributed by atoms with Crippen LogP contribution in [0.15, 0.2) is 36.4 Å². The number of hydrogen-bond donors (Lipinski definition) is 1. The Labute approximate surface area is 116 Å². The molecule has 0 aliphatic carbocycles. The van der Waals surface area contributed by atoms with E-state index < -0.39 is 0 Å². The summed E-state index contributed by atoms with van der Waals surface area (Å²) < 4.78 is 15.5. The standard InChI is InChI=1S/C16H16FN3/c1-10-5-12(8-13(17)6-10)16-19-14-7-11(9-18)3-4-15(14)20(16)2/h3-8H,9,18H2,1-2H3. The quantitative estimate of drug-likeness (QED) is 0.776. The van der Waals surface area contributed by atoms with Crippen molar-refractivity contribution in [1.82, 2.24) is 9.55 Å². The molecule has 0 spiro atoms. The minimum atomic E-state index is -0.241. The van der Waals surface area contributed by atoms with Gasteiger partial charge < -0.3 is 10.3 Å². The fraction of sp³-hybridized carbons (Fsp3) is 0.188. The molecule has 0 atom stereocenters. The topological polar surface area (TPSA) is 43.8 Å². The summed E-state index contributed by atoms with van der Waals surface area (Å²) in [6.07, 6.45) is 0. The van der Waals surface area contributed by atoms with Gasteiger partial charge >= 0.3 is 0 Å². The number of aromatic nitrogens is 2. The Kier molecular flexibility index (Phi) is 3.03. The Hall–Kier alpha value is -2.20. The van der Waals surface area contributed by atoms with Gasteiger partial charge in [0.15, 0.2) is 0 Å². The summed E-state index contributed by atoms with van der Waals surface area (Å²) in [5.74, 6) is 0.520. The molecular formula is C16H16FN3. The summed E-state index contributed by atoms with van der Waals surface area (Å²) in [6, 6.07) is 10.9. The molecule has 3 nitrogen and oxygen atoms in total. The Morgan fingerprint density at radius 2 is 2.00 bits per heavy atom. The zero-order valence-electron chi connectivity index (χ0n) is 11.5. The Balaban J connectivity index is 2.23. The highest BCUT2D eigenvalue weighted by atomic mass is 19.1. The number of rotatable bonds is 2. The monoisotopic (exact) mass is 269 g/mol. The van der Waals surface area contributed by atoms with E-state index in [0.717, 1.165) is 33.5 Å². The molecule has 1 aromatic heterocycles. The van der Waals surface area contributed by atoms with Crippen LogP contribution in [0.2, 0.25) is 0 Å². The molecule has 0 radical (unpaired) electrons. The number of nitrogens with zero attached hydrogens (tertiary/aromatic N) is 2. The second kappa shape index (κ2) is 4.72. The lowest BCUT2D eigenvalue weighted by Crippen LogP contribution is -1.96. The van der Waals surface area contributed by atoms with Gasteiger partial charge in [0.25, 0.3) is 0 Å². The molecule has 0 aliphatic rings. The lowest BCUT2D eigenvalue weighted by atomic mass is 10.1. The zero-order valence-corrected chi connectivity index (χ0v) is 11.5. The summed E-state index contributed by atoms with van der Waals surface area (Å²) in [5.41, 5.74) is 10.3. The van der Waals surface area contributed by atoms with Crippen LogP contribution in [0, 0.1) is 12.7 Å². The Morgan fingerprint density at radius 1 is 1.20 bits per heavy atom. The maximum Gasteiger partial charge on any atom is 0.140 e. The van der Waals surface area contributed by atoms with E-state index in [2.05, 4.69) is 4.98 Å². The first-order valence-electron chi connectivity index (χ1n) is 6.51. The third kappa shape index (κ3) is 2.08. The molecule has 3 rings (SSSR count). The van der Waals surface area contributed by atoms with Crippen molar-refractivity contribution in [2.45, 2.75) is 13.5 Å². The SMILES string of the molecule is Cc1cc(F)cc(-c2nc3cc(CN)ccc3n2C)c1. The third-order valence-electron chi connectivity index (χ3n) is 3.48. The molecule has 2 aromatic carbocycles. The van der Waals surface area contributed by atoms with Crippen molar-refractivity contribution < 1.29 is 4.39 Å². The second-order valence-electron chi connectivity index (χ2n) is 5.04. The molecular weight excluding hydrogens is 253 g/mol. The number of aryl methyl sites for hydroxylation is 2. The third-order valence-corrected chi connectivity index (χ3v) is 3.48. The van der Waals surface area contributed by atoms with Crippen LogP contribution in [0.1, 0.15) is 11.1 Å². The lowest BCUT2D eigenvalue weighted by molar-refractivity contribution is 0.627. The maximum atomic E-state index is 13.6. The van der Waals surface area contributed by atoms with Crippen LogP contribution in [0.4, 0.5) is 4.39 Å². The first-order valence-corrected chi connectivity index (χ1v) is 6.51. The molecule has 102 valence electrons. The van der Waals surface area contributed by atoms with Crippen molar-refractivity contribution in [3.05, 3.63) is 53.3 Å². The van der Waals surface area contributed by atoms with E-state index >= 15 is 0 Å². The van der Waals surface area contributed by atoms with Crippen molar-refractivity contribution in [1.29, 1.82) is 0 Å². The van der Waals surface area contributed by atoms with E-state index in [1.807, 2.05) is 42.8 Å². The van der Waals surface area contributed by atoms with Crippen LogP contribution in [0.25, 0.3) is 22.4 Å². The number of nitrogens with two attached hydrogens (primary N) is 1. The van der Waals surface area contributed by atoms with Crippen molar-refractivity contribution >= 4 is 11.0 Å². The summed E-state index contributed by atoms with van der Waals surface area (Å²) >= 11 is 0. The van der Waals surface area contributed by atoms with Crippen molar-refractivity contribution in [3.8, 4) is 11.4 Å². The van der Waals surface area contributed by atoms with Gasteiger partial charge in [0, 0.05) is 19.2 Å². The van der Waals surface area contributed by atoms with E-state index in [1.54, 1.807) is 0 Å². The van der Waals surface area contributed by atoms with Crippen molar-refractivity contribution in [2.75, 3.05) is 0 Å². The number of hydrogen-bond acceptors (Lipinski definition) is 2. The highest BCUT2D eigenvalue weighted by Crippen LogP contribution is 2.25. The fourth-order valence-corrected chi connectivity index (χ4v) is 2.50. The van der Waals surface area contributed by atoms with E-state index in [4.69, 9.17) is 5.73 Å². The van der Waals surface area contributed by atoms with Gasteiger partial charge in [0.05, 0.1) is 11.0 Å². The van der Waals surface area contributed by atoms with Crippen LogP contribution in [-0.2, 0) is 13.6 Å². The number of benzene rings is 2. The highest BCUT2D eigenvalue weighted by molar-refractivity contribution is 5.81. The summed E-state index contributed by atoms with van der Waals surface area (Å²) in [4.78, 5) is 4.61. The van der Waals surface area contributed by atoms with Crippen LogP contribution in [0.5, 0.6) is 0 Å². The van der Waals surface area contributed by atoms with Gasteiger partial charge in [-0.1, -0.05) is 6.07 Å². The van der Waals surface area contributed by atoms with Crippen molar-refractivity contribution in [3.63, 3.8) is 0 Å². The normalized spacial score (nSPS) is 11.2. The first-order chi connectivity index (χ1) is 9.58. The predicted molar refractivity (Wildman–Crippen MR) is 78.7 cm³/mol. The molecule has 4 heteroatoms. The number of fused-ring (bicyclic) bond motifs is 1. The maximum absolute atomic E-state index is 13.6. The van der Waals surface area contributed by atoms with E-state index in [9.17, 15) is 4.39 Å². The van der Waals surface area contributed by atoms with Crippen LogP contribution in [0.3, 0.4) is 0 Å². The molecule has 1 heterocycles. The van der Waals surface area contributed by atoms with E-state index in [1.165, 1.54) is 12.1 Å². The molecule has 20 heavy (non-hydrogen) atoms. The van der Waals surface area contributed by atoms with Crippen LogP contribution < -0.4 is 5.73 Å². The molecule has 3 aromatic rings.